The maximum absolute atomic E-state index is 5.96. The van der Waals surface area contributed by atoms with Crippen LogP contribution in [0.15, 0.2) is 55.1 Å². The van der Waals surface area contributed by atoms with Crippen molar-refractivity contribution in [1.82, 2.24) is 25.7 Å². The molecule has 0 atom stereocenters. The first-order valence-corrected chi connectivity index (χ1v) is 8.80. The van der Waals surface area contributed by atoms with Crippen LogP contribution in [0.3, 0.4) is 0 Å². The van der Waals surface area contributed by atoms with Crippen LogP contribution in [-0.4, -0.2) is 26.6 Å². The van der Waals surface area contributed by atoms with Crippen LogP contribution in [0, 0.1) is 0 Å². The lowest BCUT2D eigenvalue weighted by Crippen LogP contribution is -1.98. The molecule has 1 aromatic carbocycles. The number of nitrogen functional groups attached to an aromatic ring is 1. The van der Waals surface area contributed by atoms with E-state index >= 15 is 0 Å². The Kier molecular flexibility index (Phi) is 5.28. The van der Waals surface area contributed by atoms with Crippen LogP contribution in [-0.2, 0) is 0 Å². The van der Waals surface area contributed by atoms with Crippen LogP contribution in [0.5, 0.6) is 5.75 Å². The Morgan fingerprint density at radius 3 is 2.64 bits per heavy atom. The van der Waals surface area contributed by atoms with Gasteiger partial charge >= 0.3 is 0 Å². The summed E-state index contributed by atoms with van der Waals surface area (Å²) in [5.41, 5.74) is 10.4. The number of aromatic nitrogens is 4. The third-order valence-electron chi connectivity index (χ3n) is 4.59. The monoisotopic (exact) mass is 376 g/mol. The number of hydrogen-bond acceptors (Lipinski definition) is 6. The molecule has 0 amide bonds. The zero-order chi connectivity index (χ0) is 19.0. The lowest BCUT2D eigenvalue weighted by molar-refractivity contribution is 0.416. The van der Waals surface area contributed by atoms with Gasteiger partial charge in [0.05, 0.1) is 30.1 Å². The molecule has 0 unspecified atom stereocenters. The molecule has 0 spiro atoms. The highest BCUT2D eigenvalue weighted by Crippen LogP contribution is 2.34. The number of pyridine rings is 1. The summed E-state index contributed by atoms with van der Waals surface area (Å²) in [4.78, 5) is 13.5. The first kappa shape index (κ1) is 19.3. The fourth-order valence-electron chi connectivity index (χ4n) is 3.27. The summed E-state index contributed by atoms with van der Waals surface area (Å²) in [6.45, 7) is 4.30. The molecule has 0 saturated heterocycles. The van der Waals surface area contributed by atoms with E-state index in [-0.39, 0.29) is 6.15 Å². The van der Waals surface area contributed by atoms with Crippen molar-refractivity contribution in [3.05, 3.63) is 55.1 Å². The first-order valence-electron chi connectivity index (χ1n) is 8.80. The highest BCUT2D eigenvalue weighted by Gasteiger charge is 2.15. The number of anilines is 1. The number of benzene rings is 1. The molecule has 144 valence electrons. The summed E-state index contributed by atoms with van der Waals surface area (Å²) in [7, 11) is 1.63. The molecular weight excluding hydrogens is 352 g/mol. The lowest BCUT2D eigenvalue weighted by atomic mass is 10.1. The van der Waals surface area contributed by atoms with Gasteiger partial charge in [0.1, 0.15) is 5.75 Å². The zero-order valence-electron chi connectivity index (χ0n) is 16.3. The predicted molar refractivity (Wildman–Crippen MR) is 113 cm³/mol. The van der Waals surface area contributed by atoms with E-state index < -0.39 is 0 Å². The Balaban J connectivity index is 0.00000225. The number of hydrogen-bond donors (Lipinski definition) is 2. The van der Waals surface area contributed by atoms with Gasteiger partial charge in [0.25, 0.3) is 0 Å². The molecule has 0 fully saturated rings. The molecule has 0 radical (unpaired) electrons. The second-order valence-corrected chi connectivity index (χ2v) is 6.66. The largest absolute Gasteiger partial charge is 0.496 e. The number of ether oxygens (including phenoxy) is 1. The van der Waals surface area contributed by atoms with Gasteiger partial charge in [-0.25, -0.2) is 9.97 Å². The van der Waals surface area contributed by atoms with Crippen molar-refractivity contribution in [2.24, 2.45) is 0 Å². The summed E-state index contributed by atoms with van der Waals surface area (Å²) in [5, 5.41) is 1.11. The minimum Gasteiger partial charge on any atom is -0.496 e. The van der Waals surface area contributed by atoms with E-state index in [2.05, 4.69) is 34.6 Å². The number of methoxy groups -OCH3 is 1. The topological polar surface area (TPSA) is 114 Å². The molecule has 0 aliphatic heterocycles. The molecule has 3 heterocycles. The molecule has 28 heavy (non-hydrogen) atoms. The van der Waals surface area contributed by atoms with Crippen molar-refractivity contribution < 1.29 is 4.74 Å². The molecule has 4 aromatic rings. The molecule has 7 heteroatoms. The van der Waals surface area contributed by atoms with Crippen molar-refractivity contribution >= 4 is 16.6 Å². The molecular formula is C21H24N6O. The van der Waals surface area contributed by atoms with E-state index in [9.17, 15) is 0 Å². The third kappa shape index (κ3) is 3.27. The average Bonchev–Trinajstić information content (AvgIpc) is 3.08. The van der Waals surface area contributed by atoms with Gasteiger partial charge in [-0.3, -0.25) is 4.98 Å². The fraction of sp³-hybridized carbons (Fsp3) is 0.190. The molecule has 0 saturated carbocycles. The number of fused-ring (bicyclic) bond motifs is 1. The number of nitrogens with zero attached hydrogens (tertiary/aromatic N) is 4. The van der Waals surface area contributed by atoms with Gasteiger partial charge in [0.2, 0.25) is 0 Å². The van der Waals surface area contributed by atoms with Gasteiger partial charge < -0.3 is 21.2 Å². The van der Waals surface area contributed by atoms with Gasteiger partial charge in [-0.1, -0.05) is 0 Å². The number of nitrogens with two attached hydrogens (primary N) is 1. The van der Waals surface area contributed by atoms with Crippen LogP contribution in [0.25, 0.3) is 33.5 Å². The van der Waals surface area contributed by atoms with E-state index in [4.69, 9.17) is 15.5 Å². The van der Waals surface area contributed by atoms with E-state index in [1.807, 2.05) is 30.5 Å². The van der Waals surface area contributed by atoms with E-state index in [1.165, 1.54) is 0 Å². The maximum Gasteiger partial charge on any atom is 0.163 e. The van der Waals surface area contributed by atoms with Crippen LogP contribution in [0.1, 0.15) is 19.9 Å². The SMILES string of the molecule is COc1ccc(N)cc1-c1nccc(-c2cn(C(C)C)c3cnccc23)n1.N. The molecule has 0 aliphatic carbocycles. The van der Waals surface area contributed by atoms with Crippen LogP contribution in [0.2, 0.25) is 0 Å². The first-order chi connectivity index (χ1) is 13.1. The fourth-order valence-corrected chi connectivity index (χ4v) is 3.27. The van der Waals surface area contributed by atoms with E-state index in [0.717, 1.165) is 27.7 Å². The quantitative estimate of drug-likeness (QED) is 0.507. The molecule has 0 aliphatic rings. The average molecular weight is 376 g/mol. The van der Waals surface area contributed by atoms with Crippen LogP contribution < -0.4 is 16.6 Å². The van der Waals surface area contributed by atoms with Gasteiger partial charge in [-0.05, 0) is 44.2 Å². The summed E-state index contributed by atoms with van der Waals surface area (Å²) >= 11 is 0. The van der Waals surface area contributed by atoms with Gasteiger partial charge in [-0.2, -0.15) is 0 Å². The normalized spacial score (nSPS) is 10.9. The Hall–Kier alpha value is -3.45. The standard InChI is InChI=1S/C21H21N5O.H3N/c1-13(2)26-12-17(15-6-8-23-11-19(15)26)18-7-9-24-21(25-18)16-10-14(22)4-5-20(16)27-3;/h4-13H,22H2,1-3H3;1H3. The van der Waals surface area contributed by atoms with Gasteiger partial charge in [0.15, 0.2) is 5.82 Å². The molecule has 3 aromatic heterocycles. The minimum atomic E-state index is 0. The van der Waals surface area contributed by atoms with Gasteiger partial charge in [0, 0.05) is 41.3 Å². The maximum atomic E-state index is 5.96. The number of rotatable bonds is 4. The van der Waals surface area contributed by atoms with Crippen LogP contribution >= 0.6 is 0 Å². The minimum absolute atomic E-state index is 0. The van der Waals surface area contributed by atoms with Crippen LogP contribution in [0.4, 0.5) is 5.69 Å². The molecule has 4 rings (SSSR count). The lowest BCUT2D eigenvalue weighted by Gasteiger charge is -2.09. The van der Waals surface area contributed by atoms with Crippen molar-refractivity contribution in [3.63, 3.8) is 0 Å². The summed E-state index contributed by atoms with van der Waals surface area (Å²) in [6.07, 6.45) is 7.58. The Morgan fingerprint density at radius 2 is 1.89 bits per heavy atom. The summed E-state index contributed by atoms with van der Waals surface area (Å²) in [6, 6.07) is 9.72. The predicted octanol–water partition coefficient (Wildman–Crippen LogP) is 4.49. The molecule has 0 bridgehead atoms. The smallest absolute Gasteiger partial charge is 0.163 e. The highest BCUT2D eigenvalue weighted by atomic mass is 16.5. The van der Waals surface area contributed by atoms with Crippen molar-refractivity contribution in [2.45, 2.75) is 19.9 Å². The Bertz CT molecular complexity index is 1120. The molecule has 7 nitrogen and oxygen atoms in total. The second kappa shape index (κ2) is 7.66. The zero-order valence-corrected chi connectivity index (χ0v) is 16.3. The third-order valence-corrected chi connectivity index (χ3v) is 4.59. The van der Waals surface area contributed by atoms with E-state index in [0.29, 0.717) is 23.3 Å². The van der Waals surface area contributed by atoms with Crippen molar-refractivity contribution in [2.75, 3.05) is 12.8 Å². The summed E-state index contributed by atoms with van der Waals surface area (Å²) < 4.78 is 7.67. The Morgan fingerprint density at radius 1 is 1.07 bits per heavy atom. The molecule has 5 N–H and O–H groups in total. The Labute approximate surface area is 163 Å². The second-order valence-electron chi connectivity index (χ2n) is 6.66. The summed E-state index contributed by atoms with van der Waals surface area (Å²) in [5.74, 6) is 1.27. The van der Waals surface area contributed by atoms with Gasteiger partial charge in [-0.15, -0.1) is 0 Å². The van der Waals surface area contributed by atoms with Crippen molar-refractivity contribution in [1.29, 1.82) is 0 Å². The van der Waals surface area contributed by atoms with E-state index in [1.54, 1.807) is 25.6 Å². The van der Waals surface area contributed by atoms with Crippen molar-refractivity contribution in [3.8, 4) is 28.4 Å². The highest BCUT2D eigenvalue weighted by molar-refractivity contribution is 5.95.